The Balaban J connectivity index is 1.37. The van der Waals surface area contributed by atoms with Gasteiger partial charge in [-0.3, -0.25) is 14.3 Å². The van der Waals surface area contributed by atoms with Gasteiger partial charge in [-0.15, -0.1) is 10.2 Å². The minimum Gasteiger partial charge on any atom is -0.497 e. The third-order valence-corrected chi connectivity index (χ3v) is 6.66. The number of aromatic nitrogens is 3. The van der Waals surface area contributed by atoms with E-state index in [1.54, 1.807) is 12.0 Å². The van der Waals surface area contributed by atoms with E-state index in [9.17, 15) is 4.79 Å². The number of benzene rings is 4. The monoisotopic (exact) mass is 522 g/mol. The van der Waals surface area contributed by atoms with Crippen molar-refractivity contribution >= 4 is 29.0 Å². The van der Waals surface area contributed by atoms with Gasteiger partial charge < -0.3 is 9.47 Å². The summed E-state index contributed by atoms with van der Waals surface area (Å²) in [6.07, 6.45) is 0. The number of rotatable bonds is 10. The molecule has 1 heterocycles. The van der Waals surface area contributed by atoms with Crippen LogP contribution < -0.4 is 14.4 Å². The third-order valence-electron chi connectivity index (χ3n) is 5.75. The van der Waals surface area contributed by atoms with E-state index in [0.29, 0.717) is 16.7 Å². The molecule has 0 saturated carbocycles. The highest BCUT2D eigenvalue weighted by Crippen LogP contribution is 2.29. The van der Waals surface area contributed by atoms with Crippen LogP contribution >= 0.6 is 11.8 Å². The highest BCUT2D eigenvalue weighted by Gasteiger charge is 2.21. The molecule has 5 aromatic rings. The summed E-state index contributed by atoms with van der Waals surface area (Å²) >= 11 is 1.34. The van der Waals surface area contributed by atoms with Gasteiger partial charge in [0.15, 0.2) is 11.0 Å². The van der Waals surface area contributed by atoms with Gasteiger partial charge in [0, 0.05) is 17.1 Å². The van der Waals surface area contributed by atoms with Crippen molar-refractivity contribution in [3.8, 4) is 17.2 Å². The Morgan fingerprint density at radius 1 is 0.763 bits per heavy atom. The molecule has 0 unspecified atom stereocenters. The summed E-state index contributed by atoms with van der Waals surface area (Å²) in [5.41, 5.74) is 2.51. The third kappa shape index (κ3) is 5.87. The number of ether oxygens (including phenoxy) is 2. The predicted octanol–water partition coefficient (Wildman–Crippen LogP) is 6.31. The van der Waals surface area contributed by atoms with Crippen molar-refractivity contribution in [3.05, 3.63) is 121 Å². The highest BCUT2D eigenvalue weighted by molar-refractivity contribution is 7.99. The number of amides is 1. The van der Waals surface area contributed by atoms with Gasteiger partial charge in [0.05, 0.1) is 12.9 Å². The Morgan fingerprint density at radius 3 is 1.89 bits per heavy atom. The second-order valence-corrected chi connectivity index (χ2v) is 9.17. The minimum absolute atomic E-state index is 0.0638. The Kier molecular flexibility index (Phi) is 8.01. The summed E-state index contributed by atoms with van der Waals surface area (Å²) in [5, 5.41) is 9.42. The lowest BCUT2D eigenvalue weighted by Crippen LogP contribution is -2.27. The lowest BCUT2D eigenvalue weighted by atomic mass is 10.2. The van der Waals surface area contributed by atoms with Crippen LogP contribution in [0.5, 0.6) is 11.5 Å². The van der Waals surface area contributed by atoms with E-state index >= 15 is 0 Å². The fourth-order valence-electron chi connectivity index (χ4n) is 3.93. The maximum Gasteiger partial charge on any atom is 0.242 e. The molecule has 0 aliphatic heterocycles. The van der Waals surface area contributed by atoms with Gasteiger partial charge in [0.25, 0.3) is 0 Å². The Labute approximate surface area is 225 Å². The van der Waals surface area contributed by atoms with Crippen LogP contribution in [0.3, 0.4) is 0 Å². The van der Waals surface area contributed by atoms with Crippen molar-refractivity contribution < 1.29 is 14.3 Å². The SMILES string of the molecule is COc1ccc(OCc2nnc(SCC(=O)N(c3ccccc3)c3ccccc3)n2-c2ccccc2)cc1. The average Bonchev–Trinajstić information content (AvgIpc) is 3.39. The molecule has 0 bridgehead atoms. The van der Waals surface area contributed by atoms with E-state index < -0.39 is 0 Å². The van der Waals surface area contributed by atoms with Gasteiger partial charge in [-0.05, 0) is 60.7 Å². The lowest BCUT2D eigenvalue weighted by molar-refractivity contribution is -0.115. The molecule has 1 amide bonds. The highest BCUT2D eigenvalue weighted by atomic mass is 32.2. The van der Waals surface area contributed by atoms with Gasteiger partial charge in [-0.25, -0.2) is 0 Å². The summed E-state index contributed by atoms with van der Waals surface area (Å²) in [6.45, 7) is 0.211. The summed E-state index contributed by atoms with van der Waals surface area (Å²) in [4.78, 5) is 15.3. The second-order valence-electron chi connectivity index (χ2n) is 8.22. The standard InChI is InChI=1S/C30H26N4O3S/c1-36-26-17-19-27(20-18-26)37-21-28-31-32-30(34(28)25-15-9-4-10-16-25)38-22-29(35)33(23-11-5-2-6-12-23)24-13-7-3-8-14-24/h2-20H,21-22H2,1H3. The zero-order valence-corrected chi connectivity index (χ0v) is 21.6. The smallest absolute Gasteiger partial charge is 0.242 e. The summed E-state index contributed by atoms with van der Waals surface area (Å²) in [5.74, 6) is 2.19. The quantitative estimate of drug-likeness (QED) is 0.200. The minimum atomic E-state index is -0.0638. The Bertz CT molecular complexity index is 1420. The van der Waals surface area contributed by atoms with Crippen LogP contribution in [0.25, 0.3) is 5.69 Å². The summed E-state index contributed by atoms with van der Waals surface area (Å²) < 4.78 is 13.1. The van der Waals surface area contributed by atoms with Crippen molar-refractivity contribution in [2.24, 2.45) is 0 Å². The molecule has 8 heteroatoms. The maximum atomic E-state index is 13.5. The average molecular weight is 523 g/mol. The maximum absolute atomic E-state index is 13.5. The van der Waals surface area contributed by atoms with E-state index in [2.05, 4.69) is 10.2 Å². The van der Waals surface area contributed by atoms with Crippen molar-refractivity contribution in [1.82, 2.24) is 14.8 Å². The predicted molar refractivity (Wildman–Crippen MR) is 149 cm³/mol. The molecular weight excluding hydrogens is 496 g/mol. The number of carbonyl (C=O) groups excluding carboxylic acids is 1. The van der Waals surface area contributed by atoms with E-state index in [0.717, 1.165) is 22.8 Å². The Hall–Kier alpha value is -4.56. The molecule has 0 atom stereocenters. The molecule has 5 rings (SSSR count). The van der Waals surface area contributed by atoms with Crippen LogP contribution in [-0.2, 0) is 11.4 Å². The van der Waals surface area contributed by atoms with Crippen molar-refractivity contribution in [3.63, 3.8) is 0 Å². The number of methoxy groups -OCH3 is 1. The first-order valence-corrected chi connectivity index (χ1v) is 13.0. The molecule has 4 aromatic carbocycles. The molecule has 1 aromatic heterocycles. The molecule has 0 radical (unpaired) electrons. The number of anilines is 2. The molecule has 0 N–H and O–H groups in total. The molecule has 190 valence electrons. The van der Waals surface area contributed by atoms with E-state index in [1.165, 1.54) is 11.8 Å². The first kappa shape index (κ1) is 25.1. The van der Waals surface area contributed by atoms with Crippen LogP contribution in [0.4, 0.5) is 11.4 Å². The molecule has 0 aliphatic rings. The fourth-order valence-corrected chi connectivity index (χ4v) is 4.75. The van der Waals surface area contributed by atoms with Crippen LogP contribution in [-0.4, -0.2) is 33.5 Å². The van der Waals surface area contributed by atoms with Crippen molar-refractivity contribution in [1.29, 1.82) is 0 Å². The van der Waals surface area contributed by atoms with Crippen molar-refractivity contribution in [2.75, 3.05) is 17.8 Å². The first-order chi connectivity index (χ1) is 18.7. The topological polar surface area (TPSA) is 69.5 Å². The first-order valence-electron chi connectivity index (χ1n) is 12.1. The normalized spacial score (nSPS) is 10.7. The zero-order valence-electron chi connectivity index (χ0n) is 20.8. The molecule has 0 aliphatic carbocycles. The van der Waals surface area contributed by atoms with Gasteiger partial charge in [0.1, 0.15) is 18.1 Å². The number of para-hydroxylation sites is 3. The largest absolute Gasteiger partial charge is 0.497 e. The molecular formula is C30H26N4O3S. The number of carbonyl (C=O) groups is 1. The lowest BCUT2D eigenvalue weighted by Gasteiger charge is -2.23. The van der Waals surface area contributed by atoms with Gasteiger partial charge >= 0.3 is 0 Å². The van der Waals surface area contributed by atoms with Crippen LogP contribution in [0.15, 0.2) is 120 Å². The van der Waals surface area contributed by atoms with Crippen LogP contribution in [0.1, 0.15) is 5.82 Å². The Morgan fingerprint density at radius 2 is 1.32 bits per heavy atom. The summed E-state index contributed by atoms with van der Waals surface area (Å²) in [7, 11) is 1.63. The van der Waals surface area contributed by atoms with E-state index in [1.807, 2.05) is 120 Å². The summed E-state index contributed by atoms with van der Waals surface area (Å²) in [6, 6.07) is 36.5. The number of thioether (sulfide) groups is 1. The molecule has 7 nitrogen and oxygen atoms in total. The van der Waals surface area contributed by atoms with Crippen LogP contribution in [0.2, 0.25) is 0 Å². The van der Waals surface area contributed by atoms with E-state index in [4.69, 9.17) is 9.47 Å². The van der Waals surface area contributed by atoms with Gasteiger partial charge in [-0.1, -0.05) is 66.4 Å². The number of hydrogen-bond acceptors (Lipinski definition) is 6. The van der Waals surface area contributed by atoms with Gasteiger partial charge in [-0.2, -0.15) is 0 Å². The molecule has 0 fully saturated rings. The number of hydrogen-bond donors (Lipinski definition) is 0. The zero-order chi connectivity index (χ0) is 26.2. The molecule has 38 heavy (non-hydrogen) atoms. The van der Waals surface area contributed by atoms with Crippen molar-refractivity contribution in [2.45, 2.75) is 11.8 Å². The molecule has 0 saturated heterocycles. The van der Waals surface area contributed by atoms with E-state index in [-0.39, 0.29) is 18.3 Å². The molecule has 0 spiro atoms. The second kappa shape index (κ2) is 12.1. The van der Waals surface area contributed by atoms with Crippen LogP contribution in [0, 0.1) is 0 Å². The van der Waals surface area contributed by atoms with Gasteiger partial charge in [0.2, 0.25) is 5.91 Å². The fraction of sp³-hybridized carbons (Fsp3) is 0.100. The number of nitrogens with zero attached hydrogens (tertiary/aromatic N) is 4.